The predicted octanol–water partition coefficient (Wildman–Crippen LogP) is 0.697. The average molecular weight is 183 g/mol. The summed E-state index contributed by atoms with van der Waals surface area (Å²) in [6, 6.07) is 0. The lowest BCUT2D eigenvalue weighted by Gasteiger charge is -2.03. The number of nitrogens with one attached hydrogen (secondary N) is 1. The molecule has 0 amide bonds. The fourth-order valence-electron chi connectivity index (χ4n) is 0.976. The van der Waals surface area contributed by atoms with Gasteiger partial charge in [0.25, 0.3) is 0 Å². The van der Waals surface area contributed by atoms with E-state index in [1.54, 1.807) is 6.20 Å². The van der Waals surface area contributed by atoms with Gasteiger partial charge in [-0.05, 0) is 6.42 Å². The molecule has 0 aliphatic heterocycles. The maximum Gasteiger partial charge on any atom is 0.303 e. The number of hydrogen-bond acceptors (Lipinski definition) is 3. The molecule has 5 nitrogen and oxygen atoms in total. The summed E-state index contributed by atoms with van der Waals surface area (Å²) in [7, 11) is 1.88. The number of aromatic nitrogens is 2. The molecule has 1 heterocycles. The van der Waals surface area contributed by atoms with Gasteiger partial charge >= 0.3 is 5.97 Å². The summed E-state index contributed by atoms with van der Waals surface area (Å²) in [5.41, 5.74) is 0. The molecule has 0 aliphatic rings. The van der Waals surface area contributed by atoms with Gasteiger partial charge in [0, 0.05) is 32.4 Å². The standard InChI is InChI=1S/C8H13N3O2/c1-11-6-5-10-8(11)9-4-2-3-7(12)13/h5-6H,2-4H2,1H3,(H,9,10)(H,12,13). The predicted molar refractivity (Wildman–Crippen MR) is 48.6 cm³/mol. The van der Waals surface area contributed by atoms with E-state index in [0.717, 1.165) is 5.95 Å². The Balaban J connectivity index is 2.20. The molecule has 0 fully saturated rings. The summed E-state index contributed by atoms with van der Waals surface area (Å²) in [5.74, 6) is 0.00651. The lowest BCUT2D eigenvalue weighted by molar-refractivity contribution is -0.137. The Morgan fingerprint density at radius 1 is 1.77 bits per heavy atom. The maximum atomic E-state index is 10.2. The maximum absolute atomic E-state index is 10.2. The highest BCUT2D eigenvalue weighted by atomic mass is 16.4. The van der Waals surface area contributed by atoms with Crippen molar-refractivity contribution >= 4 is 11.9 Å². The molecule has 0 unspecified atom stereocenters. The van der Waals surface area contributed by atoms with Gasteiger partial charge in [-0.2, -0.15) is 0 Å². The van der Waals surface area contributed by atoms with Gasteiger partial charge in [0.15, 0.2) is 0 Å². The van der Waals surface area contributed by atoms with Gasteiger partial charge < -0.3 is 15.0 Å². The Morgan fingerprint density at radius 3 is 3.08 bits per heavy atom. The monoisotopic (exact) mass is 183 g/mol. The van der Waals surface area contributed by atoms with Crippen molar-refractivity contribution in [3.8, 4) is 0 Å². The Hall–Kier alpha value is -1.52. The molecule has 5 heteroatoms. The molecule has 0 saturated heterocycles. The van der Waals surface area contributed by atoms with Crippen molar-refractivity contribution < 1.29 is 9.90 Å². The highest BCUT2D eigenvalue weighted by Gasteiger charge is 1.98. The first-order valence-electron chi connectivity index (χ1n) is 4.13. The average Bonchev–Trinajstić information content (AvgIpc) is 2.45. The van der Waals surface area contributed by atoms with Crippen LogP contribution < -0.4 is 5.32 Å². The van der Waals surface area contributed by atoms with Crippen LogP contribution in [-0.2, 0) is 11.8 Å². The van der Waals surface area contributed by atoms with Crippen LogP contribution in [0, 0.1) is 0 Å². The Labute approximate surface area is 76.4 Å². The molecule has 0 spiro atoms. The van der Waals surface area contributed by atoms with Crippen LogP contribution in [0.5, 0.6) is 0 Å². The van der Waals surface area contributed by atoms with Crippen LogP contribution in [0.25, 0.3) is 0 Å². The third-order valence-electron chi connectivity index (χ3n) is 1.67. The molecule has 13 heavy (non-hydrogen) atoms. The highest BCUT2D eigenvalue weighted by Crippen LogP contribution is 2.00. The molecule has 2 N–H and O–H groups in total. The zero-order valence-electron chi connectivity index (χ0n) is 7.53. The third-order valence-corrected chi connectivity index (χ3v) is 1.67. The van der Waals surface area contributed by atoms with Gasteiger partial charge in [-0.15, -0.1) is 0 Å². The summed E-state index contributed by atoms with van der Waals surface area (Å²) in [6.07, 6.45) is 4.33. The number of carboxylic acid groups (broad SMARTS) is 1. The molecule has 0 bridgehead atoms. The van der Waals surface area contributed by atoms with Crippen LogP contribution >= 0.6 is 0 Å². The minimum Gasteiger partial charge on any atom is -0.481 e. The highest BCUT2D eigenvalue weighted by molar-refractivity contribution is 5.66. The van der Waals surface area contributed by atoms with E-state index in [-0.39, 0.29) is 6.42 Å². The second kappa shape index (κ2) is 4.49. The molecule has 0 radical (unpaired) electrons. The van der Waals surface area contributed by atoms with Crippen LogP contribution in [0.4, 0.5) is 5.95 Å². The first-order chi connectivity index (χ1) is 6.20. The molecule has 0 aromatic carbocycles. The number of anilines is 1. The largest absolute Gasteiger partial charge is 0.481 e. The van der Waals surface area contributed by atoms with Gasteiger partial charge in [-0.1, -0.05) is 0 Å². The number of carboxylic acids is 1. The van der Waals surface area contributed by atoms with Gasteiger partial charge in [0.1, 0.15) is 0 Å². The lowest BCUT2D eigenvalue weighted by atomic mass is 10.3. The number of rotatable bonds is 5. The van der Waals surface area contributed by atoms with Crippen molar-refractivity contribution in [1.29, 1.82) is 0 Å². The fourth-order valence-corrected chi connectivity index (χ4v) is 0.976. The third kappa shape index (κ3) is 3.14. The van der Waals surface area contributed by atoms with Gasteiger partial charge in [-0.3, -0.25) is 4.79 Å². The normalized spacial score (nSPS) is 9.92. The second-order valence-electron chi connectivity index (χ2n) is 2.79. The summed E-state index contributed by atoms with van der Waals surface area (Å²) in [6.45, 7) is 0.636. The molecule has 0 aliphatic carbocycles. The van der Waals surface area contributed by atoms with E-state index >= 15 is 0 Å². The molecular formula is C8H13N3O2. The zero-order valence-corrected chi connectivity index (χ0v) is 7.53. The van der Waals surface area contributed by atoms with E-state index in [1.165, 1.54) is 0 Å². The molecule has 1 aromatic rings. The van der Waals surface area contributed by atoms with Crippen LogP contribution in [0.1, 0.15) is 12.8 Å². The van der Waals surface area contributed by atoms with Gasteiger partial charge in [0.05, 0.1) is 0 Å². The molecule has 0 atom stereocenters. The number of aryl methyl sites for hydroxylation is 1. The van der Waals surface area contributed by atoms with Crippen LogP contribution in [-0.4, -0.2) is 27.2 Å². The van der Waals surface area contributed by atoms with Crippen LogP contribution in [0.3, 0.4) is 0 Å². The van der Waals surface area contributed by atoms with E-state index in [4.69, 9.17) is 5.11 Å². The van der Waals surface area contributed by atoms with Crippen molar-refractivity contribution in [2.24, 2.45) is 7.05 Å². The van der Waals surface area contributed by atoms with Gasteiger partial charge in [-0.25, -0.2) is 4.98 Å². The van der Waals surface area contributed by atoms with E-state index < -0.39 is 5.97 Å². The summed E-state index contributed by atoms with van der Waals surface area (Å²) in [4.78, 5) is 14.2. The quantitative estimate of drug-likeness (QED) is 0.659. The summed E-state index contributed by atoms with van der Waals surface area (Å²) >= 11 is 0. The zero-order chi connectivity index (χ0) is 9.68. The van der Waals surface area contributed by atoms with Crippen molar-refractivity contribution in [2.45, 2.75) is 12.8 Å². The van der Waals surface area contributed by atoms with Gasteiger partial charge in [0.2, 0.25) is 5.95 Å². The van der Waals surface area contributed by atoms with Crippen molar-refractivity contribution in [3.05, 3.63) is 12.4 Å². The fraction of sp³-hybridized carbons (Fsp3) is 0.500. The topological polar surface area (TPSA) is 67.2 Å². The van der Waals surface area contributed by atoms with Crippen LogP contribution in [0.15, 0.2) is 12.4 Å². The van der Waals surface area contributed by atoms with E-state index in [0.29, 0.717) is 13.0 Å². The van der Waals surface area contributed by atoms with Crippen molar-refractivity contribution in [1.82, 2.24) is 9.55 Å². The van der Waals surface area contributed by atoms with Crippen molar-refractivity contribution in [2.75, 3.05) is 11.9 Å². The molecular weight excluding hydrogens is 170 g/mol. The number of hydrogen-bond donors (Lipinski definition) is 2. The number of aliphatic carboxylic acids is 1. The molecule has 72 valence electrons. The number of imidazole rings is 1. The minimum absolute atomic E-state index is 0.192. The first kappa shape index (κ1) is 9.57. The van der Waals surface area contributed by atoms with E-state index in [1.807, 2.05) is 17.8 Å². The Bertz CT molecular complexity index is 283. The van der Waals surface area contributed by atoms with E-state index in [9.17, 15) is 4.79 Å². The lowest BCUT2D eigenvalue weighted by Crippen LogP contribution is -2.08. The molecule has 0 saturated carbocycles. The van der Waals surface area contributed by atoms with Crippen molar-refractivity contribution in [3.63, 3.8) is 0 Å². The van der Waals surface area contributed by atoms with E-state index in [2.05, 4.69) is 10.3 Å². The first-order valence-corrected chi connectivity index (χ1v) is 4.13. The second-order valence-corrected chi connectivity index (χ2v) is 2.79. The smallest absolute Gasteiger partial charge is 0.303 e. The summed E-state index contributed by atoms with van der Waals surface area (Å²) in [5, 5.41) is 11.4. The summed E-state index contributed by atoms with van der Waals surface area (Å²) < 4.78 is 1.85. The van der Waals surface area contributed by atoms with Crippen LogP contribution in [0.2, 0.25) is 0 Å². The minimum atomic E-state index is -0.762. The number of carbonyl (C=O) groups is 1. The molecule has 1 aromatic heterocycles. The Kier molecular flexibility index (Phi) is 3.31. The molecule has 1 rings (SSSR count). The SMILES string of the molecule is Cn1ccnc1NCCCC(=O)O. The number of nitrogens with zero attached hydrogens (tertiary/aromatic N) is 2. The Morgan fingerprint density at radius 2 is 2.54 bits per heavy atom.